The number of hydrogen-bond acceptors (Lipinski definition) is 7. The number of ketones is 1. The summed E-state index contributed by atoms with van der Waals surface area (Å²) < 4.78 is 57.6. The Balaban J connectivity index is 1.49. The first-order valence-electron chi connectivity index (χ1n) is 10.8. The lowest BCUT2D eigenvalue weighted by Gasteiger charge is -2.26. The number of carbonyl (C=O) groups is 2. The molecule has 1 atom stereocenters. The highest BCUT2D eigenvalue weighted by atomic mass is 32.2. The van der Waals surface area contributed by atoms with E-state index >= 15 is 0 Å². The summed E-state index contributed by atoms with van der Waals surface area (Å²) in [4.78, 5) is 24.7. The highest BCUT2D eigenvalue weighted by Gasteiger charge is 2.33. The lowest BCUT2D eigenvalue weighted by atomic mass is 10.0. The second kappa shape index (κ2) is 9.69. The van der Waals surface area contributed by atoms with Crippen LogP contribution in [0.3, 0.4) is 0 Å². The lowest BCUT2D eigenvalue weighted by molar-refractivity contribution is -0.118. The number of benzene rings is 2. The van der Waals surface area contributed by atoms with Crippen molar-refractivity contribution < 1.29 is 36.6 Å². The van der Waals surface area contributed by atoms with Crippen molar-refractivity contribution in [2.75, 3.05) is 45.3 Å². The summed E-state index contributed by atoms with van der Waals surface area (Å²) in [6.07, 6.45) is 0.186. The van der Waals surface area contributed by atoms with Crippen molar-refractivity contribution in [1.82, 2.24) is 4.31 Å². The Bertz CT molecular complexity index is 1230. The Hall–Kier alpha value is -3.02. The number of sulfonamides is 1. The molecule has 4 rings (SSSR count). The van der Waals surface area contributed by atoms with Gasteiger partial charge in [-0.25, -0.2) is 12.8 Å². The van der Waals surface area contributed by atoms with Gasteiger partial charge in [0.05, 0.1) is 25.9 Å². The quantitative estimate of drug-likeness (QED) is 0.632. The number of anilines is 1. The van der Waals surface area contributed by atoms with Crippen LogP contribution in [0.1, 0.15) is 35.2 Å². The van der Waals surface area contributed by atoms with Gasteiger partial charge in [-0.1, -0.05) is 6.92 Å². The minimum absolute atomic E-state index is 0.0773. The number of rotatable bonds is 7. The van der Waals surface area contributed by atoms with Crippen LogP contribution in [0.25, 0.3) is 0 Å². The molecule has 11 heteroatoms. The third kappa shape index (κ3) is 4.63. The second-order valence-electron chi connectivity index (χ2n) is 8.08. The summed E-state index contributed by atoms with van der Waals surface area (Å²) in [5.74, 6) is -1.24. The van der Waals surface area contributed by atoms with Gasteiger partial charge in [-0.2, -0.15) is 4.31 Å². The highest BCUT2D eigenvalue weighted by molar-refractivity contribution is 7.89. The van der Waals surface area contributed by atoms with Crippen molar-refractivity contribution in [2.45, 2.75) is 24.2 Å². The zero-order valence-electron chi connectivity index (χ0n) is 18.8. The van der Waals surface area contributed by atoms with E-state index < -0.39 is 28.4 Å². The molecule has 0 bridgehead atoms. The zero-order valence-corrected chi connectivity index (χ0v) is 19.6. The number of nitrogens with zero attached hydrogens (tertiary/aromatic N) is 1. The number of amides is 1. The highest BCUT2D eigenvalue weighted by Crippen LogP contribution is 2.39. The monoisotopic (exact) mass is 492 g/mol. The van der Waals surface area contributed by atoms with Gasteiger partial charge in [0.2, 0.25) is 10.0 Å². The van der Waals surface area contributed by atoms with Gasteiger partial charge in [0.1, 0.15) is 22.2 Å². The zero-order chi connectivity index (χ0) is 24.5. The van der Waals surface area contributed by atoms with Crippen LogP contribution in [0.15, 0.2) is 35.2 Å². The Morgan fingerprint density at radius 2 is 1.91 bits per heavy atom. The standard InChI is InChI=1S/C23H25FN2O7S/c1-14-11-17(27)23-19(6-4-16(24)22(14)23)33-13-21(28)25-15-3-5-18(31-2)20(12-15)34(29,30)26-7-9-32-10-8-26/h3-6,12,14H,7-11,13H2,1-2H3,(H,25,28)/t14-/m0/s1. The van der Waals surface area contributed by atoms with E-state index in [1.54, 1.807) is 6.92 Å². The molecule has 0 saturated carbocycles. The van der Waals surface area contributed by atoms with E-state index in [2.05, 4.69) is 5.32 Å². The molecule has 1 heterocycles. The van der Waals surface area contributed by atoms with Gasteiger partial charge in [-0.15, -0.1) is 0 Å². The average Bonchev–Trinajstić information content (AvgIpc) is 3.14. The van der Waals surface area contributed by atoms with Crippen LogP contribution < -0.4 is 14.8 Å². The van der Waals surface area contributed by atoms with Crippen molar-refractivity contribution >= 4 is 27.4 Å². The van der Waals surface area contributed by atoms with Crippen LogP contribution in [0, 0.1) is 5.82 Å². The number of nitrogens with one attached hydrogen (secondary N) is 1. The maximum Gasteiger partial charge on any atom is 0.262 e. The molecular formula is C23H25FN2O7S. The molecule has 2 aliphatic rings. The fourth-order valence-electron chi connectivity index (χ4n) is 4.17. The molecule has 182 valence electrons. The number of morpholine rings is 1. The number of halogens is 1. The largest absolute Gasteiger partial charge is 0.495 e. The summed E-state index contributed by atoms with van der Waals surface area (Å²) in [5.41, 5.74) is 0.704. The third-order valence-electron chi connectivity index (χ3n) is 5.81. The second-order valence-corrected chi connectivity index (χ2v) is 9.99. The predicted molar refractivity (Wildman–Crippen MR) is 120 cm³/mol. The Morgan fingerprint density at radius 3 is 2.62 bits per heavy atom. The molecule has 1 aliphatic carbocycles. The molecule has 1 amide bonds. The minimum Gasteiger partial charge on any atom is -0.495 e. The van der Waals surface area contributed by atoms with Gasteiger partial charge < -0.3 is 19.5 Å². The number of carbonyl (C=O) groups excluding carboxylic acids is 2. The summed E-state index contributed by atoms with van der Waals surface area (Å²) in [6, 6.07) is 6.83. The average molecular weight is 493 g/mol. The minimum atomic E-state index is -3.87. The predicted octanol–water partition coefficient (Wildman–Crippen LogP) is 2.56. The lowest BCUT2D eigenvalue weighted by Crippen LogP contribution is -2.40. The van der Waals surface area contributed by atoms with Crippen molar-refractivity contribution in [2.24, 2.45) is 0 Å². The van der Waals surface area contributed by atoms with Crippen molar-refractivity contribution in [3.8, 4) is 11.5 Å². The number of Topliss-reactive ketones (excluding diaryl/α,β-unsaturated/α-hetero) is 1. The summed E-state index contributed by atoms with van der Waals surface area (Å²) >= 11 is 0. The molecule has 34 heavy (non-hydrogen) atoms. The Kier molecular flexibility index (Phi) is 6.87. The van der Waals surface area contributed by atoms with E-state index in [0.717, 1.165) is 0 Å². The fourth-order valence-corrected chi connectivity index (χ4v) is 5.76. The third-order valence-corrected chi connectivity index (χ3v) is 7.73. The van der Waals surface area contributed by atoms with E-state index in [1.807, 2.05) is 0 Å². The van der Waals surface area contributed by atoms with Gasteiger partial charge in [0.25, 0.3) is 5.91 Å². The van der Waals surface area contributed by atoms with Gasteiger partial charge in [-0.3, -0.25) is 9.59 Å². The van der Waals surface area contributed by atoms with E-state index in [1.165, 1.54) is 41.7 Å². The number of fused-ring (bicyclic) bond motifs is 1. The van der Waals surface area contributed by atoms with Gasteiger partial charge in [0.15, 0.2) is 12.4 Å². The number of methoxy groups -OCH3 is 1. The fraction of sp³-hybridized carbons (Fsp3) is 0.391. The number of hydrogen-bond donors (Lipinski definition) is 1. The first-order valence-corrected chi connectivity index (χ1v) is 12.2. The Morgan fingerprint density at radius 1 is 1.21 bits per heavy atom. The molecule has 1 aliphatic heterocycles. The normalized spacial score (nSPS) is 18.4. The molecule has 1 fully saturated rings. The summed E-state index contributed by atoms with van der Waals surface area (Å²) in [5, 5.41) is 2.59. The molecule has 0 spiro atoms. The van der Waals surface area contributed by atoms with Crippen LogP contribution >= 0.6 is 0 Å². The molecule has 0 unspecified atom stereocenters. The summed E-state index contributed by atoms with van der Waals surface area (Å²) in [6.45, 7) is 2.34. The van der Waals surface area contributed by atoms with Crippen LogP contribution in [0.2, 0.25) is 0 Å². The topological polar surface area (TPSA) is 111 Å². The summed E-state index contributed by atoms with van der Waals surface area (Å²) in [7, 11) is -2.50. The van der Waals surface area contributed by atoms with Gasteiger partial charge >= 0.3 is 0 Å². The molecular weight excluding hydrogens is 467 g/mol. The SMILES string of the molecule is COc1ccc(NC(=O)COc2ccc(F)c3c2C(=O)C[C@@H]3C)cc1S(=O)(=O)N1CCOCC1. The van der Waals surface area contributed by atoms with E-state index in [9.17, 15) is 22.4 Å². The van der Waals surface area contributed by atoms with E-state index in [0.29, 0.717) is 18.8 Å². The van der Waals surface area contributed by atoms with Crippen LogP contribution in [0.4, 0.5) is 10.1 Å². The van der Waals surface area contributed by atoms with E-state index in [-0.39, 0.29) is 58.9 Å². The maximum absolute atomic E-state index is 14.2. The molecule has 9 nitrogen and oxygen atoms in total. The first-order chi connectivity index (χ1) is 16.2. The van der Waals surface area contributed by atoms with Crippen LogP contribution in [-0.4, -0.2) is 64.4 Å². The van der Waals surface area contributed by atoms with Crippen molar-refractivity contribution in [1.29, 1.82) is 0 Å². The van der Waals surface area contributed by atoms with Crippen molar-refractivity contribution in [3.63, 3.8) is 0 Å². The number of ether oxygens (including phenoxy) is 3. The van der Waals surface area contributed by atoms with Gasteiger partial charge in [0, 0.05) is 30.8 Å². The Labute approximate surface area is 196 Å². The van der Waals surface area contributed by atoms with E-state index in [4.69, 9.17) is 14.2 Å². The van der Waals surface area contributed by atoms with Gasteiger partial charge in [-0.05, 0) is 36.2 Å². The molecule has 2 aromatic rings. The molecule has 1 saturated heterocycles. The maximum atomic E-state index is 14.2. The first kappa shape index (κ1) is 24.1. The molecule has 0 aromatic heterocycles. The van der Waals surface area contributed by atoms with Crippen LogP contribution in [0.5, 0.6) is 11.5 Å². The molecule has 0 radical (unpaired) electrons. The van der Waals surface area contributed by atoms with Crippen LogP contribution in [-0.2, 0) is 19.6 Å². The molecule has 2 aromatic carbocycles. The van der Waals surface area contributed by atoms with Crippen molar-refractivity contribution in [3.05, 3.63) is 47.3 Å². The smallest absolute Gasteiger partial charge is 0.262 e. The molecule has 1 N–H and O–H groups in total.